The van der Waals surface area contributed by atoms with Gasteiger partial charge in [0, 0.05) is 6.04 Å². The predicted molar refractivity (Wildman–Crippen MR) is 43.3 cm³/mol. The lowest BCUT2D eigenvalue weighted by molar-refractivity contribution is -0.000408. The summed E-state index contributed by atoms with van der Waals surface area (Å²) in [5, 5.41) is 21.9. The Morgan fingerprint density at radius 2 is 1.82 bits per heavy atom. The van der Waals surface area contributed by atoms with Crippen LogP contribution >= 0.6 is 0 Å². The number of nitrogens with one attached hydrogen (secondary N) is 1. The van der Waals surface area contributed by atoms with E-state index in [1.165, 1.54) is 0 Å². The minimum absolute atomic E-state index is 0.0764. The molecule has 0 bridgehead atoms. The third-order valence-electron chi connectivity index (χ3n) is 2.44. The third kappa shape index (κ3) is 2.15. The van der Waals surface area contributed by atoms with Crippen molar-refractivity contribution >= 4 is 0 Å². The van der Waals surface area contributed by atoms with Gasteiger partial charge in [-0.05, 0) is 19.9 Å². The van der Waals surface area contributed by atoms with E-state index in [0.29, 0.717) is 0 Å². The van der Waals surface area contributed by atoms with Gasteiger partial charge in [-0.3, -0.25) is 0 Å². The van der Waals surface area contributed by atoms with Gasteiger partial charge in [0.05, 0.1) is 12.2 Å². The minimum atomic E-state index is -0.581. The molecule has 0 aromatic rings. The normalized spacial score (nSPS) is 40.1. The fraction of sp³-hybridized carbons (Fsp3) is 1.00. The molecular formula is C8H17NO2. The van der Waals surface area contributed by atoms with Gasteiger partial charge < -0.3 is 15.5 Å². The quantitative estimate of drug-likeness (QED) is 0.467. The molecule has 1 rings (SSSR count). The standard InChI is InChI=1S/C8H17NO2/c1-9-6-4-2-3-5-7(10)8(6)11/h6-11H,2-5H2,1H3/t6-,7-,8-/m1/s1. The molecule has 1 aliphatic rings. The Balaban J connectivity index is 2.49. The van der Waals surface area contributed by atoms with Gasteiger partial charge in [-0.15, -0.1) is 0 Å². The van der Waals surface area contributed by atoms with Crippen molar-refractivity contribution in [1.82, 2.24) is 5.32 Å². The summed E-state index contributed by atoms with van der Waals surface area (Å²) in [4.78, 5) is 0. The highest BCUT2D eigenvalue weighted by molar-refractivity contribution is 4.83. The lowest BCUT2D eigenvalue weighted by Crippen LogP contribution is -2.43. The molecule has 1 saturated carbocycles. The average Bonchev–Trinajstić information content (AvgIpc) is 2.16. The van der Waals surface area contributed by atoms with Crippen LogP contribution in [0.5, 0.6) is 0 Å². The third-order valence-corrected chi connectivity index (χ3v) is 2.44. The van der Waals surface area contributed by atoms with E-state index in [0.717, 1.165) is 25.7 Å². The SMILES string of the molecule is CN[C@@H]1CCCC[C@@H](O)[C@@H]1O. The van der Waals surface area contributed by atoms with Gasteiger partial charge in [0.2, 0.25) is 0 Å². The summed E-state index contributed by atoms with van der Waals surface area (Å²) in [5.41, 5.74) is 0. The van der Waals surface area contributed by atoms with Crippen LogP contribution in [0.25, 0.3) is 0 Å². The number of hydrogen-bond donors (Lipinski definition) is 3. The number of rotatable bonds is 1. The maximum Gasteiger partial charge on any atom is 0.0951 e. The highest BCUT2D eigenvalue weighted by atomic mass is 16.3. The van der Waals surface area contributed by atoms with E-state index in [-0.39, 0.29) is 6.04 Å². The molecule has 11 heavy (non-hydrogen) atoms. The molecule has 0 amide bonds. The topological polar surface area (TPSA) is 52.5 Å². The summed E-state index contributed by atoms with van der Waals surface area (Å²) in [6.07, 6.45) is 2.71. The molecule has 0 spiro atoms. The van der Waals surface area contributed by atoms with Crippen LogP contribution in [-0.2, 0) is 0 Å². The van der Waals surface area contributed by atoms with Gasteiger partial charge in [0.15, 0.2) is 0 Å². The molecule has 3 N–H and O–H groups in total. The molecule has 1 fully saturated rings. The van der Waals surface area contributed by atoms with E-state index in [2.05, 4.69) is 5.32 Å². The van der Waals surface area contributed by atoms with Crippen molar-refractivity contribution in [2.75, 3.05) is 7.05 Å². The molecule has 0 aromatic carbocycles. The Hall–Kier alpha value is -0.120. The Morgan fingerprint density at radius 3 is 2.45 bits per heavy atom. The van der Waals surface area contributed by atoms with Crippen molar-refractivity contribution in [3.63, 3.8) is 0 Å². The van der Waals surface area contributed by atoms with Gasteiger partial charge in [0.1, 0.15) is 0 Å². The van der Waals surface area contributed by atoms with E-state index in [4.69, 9.17) is 0 Å². The number of hydrogen-bond acceptors (Lipinski definition) is 3. The Labute approximate surface area is 67.4 Å². The second-order valence-electron chi connectivity index (χ2n) is 3.24. The van der Waals surface area contributed by atoms with Crippen molar-refractivity contribution in [3.8, 4) is 0 Å². The van der Waals surface area contributed by atoms with E-state index >= 15 is 0 Å². The first-order valence-electron chi connectivity index (χ1n) is 4.29. The summed E-state index contributed by atoms with van der Waals surface area (Å²) >= 11 is 0. The van der Waals surface area contributed by atoms with Crippen molar-refractivity contribution in [3.05, 3.63) is 0 Å². The number of aliphatic hydroxyl groups excluding tert-OH is 2. The van der Waals surface area contributed by atoms with Crippen molar-refractivity contribution < 1.29 is 10.2 Å². The fourth-order valence-corrected chi connectivity index (χ4v) is 1.64. The first-order chi connectivity index (χ1) is 5.25. The Morgan fingerprint density at radius 1 is 1.18 bits per heavy atom. The second kappa shape index (κ2) is 4.04. The molecule has 0 heterocycles. The smallest absolute Gasteiger partial charge is 0.0951 e. The molecular weight excluding hydrogens is 142 g/mol. The highest BCUT2D eigenvalue weighted by Crippen LogP contribution is 2.18. The van der Waals surface area contributed by atoms with Crippen LogP contribution < -0.4 is 5.32 Å². The zero-order valence-corrected chi connectivity index (χ0v) is 6.95. The lowest BCUT2D eigenvalue weighted by Gasteiger charge is -2.22. The van der Waals surface area contributed by atoms with E-state index < -0.39 is 12.2 Å². The van der Waals surface area contributed by atoms with Crippen LogP contribution in [0.15, 0.2) is 0 Å². The molecule has 66 valence electrons. The largest absolute Gasteiger partial charge is 0.390 e. The lowest BCUT2D eigenvalue weighted by atomic mass is 10.0. The minimum Gasteiger partial charge on any atom is -0.390 e. The summed E-state index contributed by atoms with van der Waals surface area (Å²) in [7, 11) is 1.83. The van der Waals surface area contributed by atoms with Crippen LogP contribution in [0.2, 0.25) is 0 Å². The van der Waals surface area contributed by atoms with Gasteiger partial charge in [-0.2, -0.15) is 0 Å². The zero-order valence-electron chi connectivity index (χ0n) is 6.95. The predicted octanol–water partition coefficient (Wildman–Crippen LogP) is -0.130. The number of aliphatic hydroxyl groups is 2. The van der Waals surface area contributed by atoms with Crippen molar-refractivity contribution in [2.24, 2.45) is 0 Å². The summed E-state index contributed by atoms with van der Waals surface area (Å²) in [6, 6.07) is 0.0764. The summed E-state index contributed by atoms with van der Waals surface area (Å²) in [5.74, 6) is 0. The molecule has 1 aliphatic carbocycles. The Kier molecular flexibility index (Phi) is 3.30. The van der Waals surface area contributed by atoms with Gasteiger partial charge >= 0.3 is 0 Å². The van der Waals surface area contributed by atoms with Gasteiger partial charge in [-0.1, -0.05) is 12.8 Å². The summed E-state index contributed by atoms with van der Waals surface area (Å²) < 4.78 is 0. The molecule has 3 nitrogen and oxygen atoms in total. The monoisotopic (exact) mass is 159 g/mol. The van der Waals surface area contributed by atoms with E-state index in [1.54, 1.807) is 0 Å². The van der Waals surface area contributed by atoms with Crippen LogP contribution in [0.1, 0.15) is 25.7 Å². The maximum atomic E-state index is 9.50. The van der Waals surface area contributed by atoms with E-state index in [1.807, 2.05) is 7.05 Å². The van der Waals surface area contributed by atoms with Crippen LogP contribution in [0, 0.1) is 0 Å². The highest BCUT2D eigenvalue weighted by Gasteiger charge is 2.26. The molecule has 0 aliphatic heterocycles. The molecule has 0 saturated heterocycles. The van der Waals surface area contributed by atoms with E-state index in [9.17, 15) is 10.2 Å². The maximum absolute atomic E-state index is 9.50. The Bertz CT molecular complexity index is 119. The first-order valence-corrected chi connectivity index (χ1v) is 4.29. The van der Waals surface area contributed by atoms with Crippen LogP contribution in [0.4, 0.5) is 0 Å². The van der Waals surface area contributed by atoms with Crippen molar-refractivity contribution in [2.45, 2.75) is 43.9 Å². The summed E-state index contributed by atoms with van der Waals surface area (Å²) in [6.45, 7) is 0. The molecule has 0 radical (unpaired) electrons. The second-order valence-corrected chi connectivity index (χ2v) is 3.24. The van der Waals surface area contributed by atoms with Crippen molar-refractivity contribution in [1.29, 1.82) is 0 Å². The molecule has 3 heteroatoms. The van der Waals surface area contributed by atoms with Crippen LogP contribution in [-0.4, -0.2) is 35.5 Å². The zero-order chi connectivity index (χ0) is 8.27. The van der Waals surface area contributed by atoms with Gasteiger partial charge in [-0.25, -0.2) is 0 Å². The molecule has 0 unspecified atom stereocenters. The first kappa shape index (κ1) is 8.97. The van der Waals surface area contributed by atoms with Crippen LogP contribution in [0.3, 0.4) is 0 Å². The molecule has 3 atom stereocenters. The number of likely N-dealkylation sites (N-methyl/N-ethyl adjacent to an activating group) is 1. The van der Waals surface area contributed by atoms with Gasteiger partial charge in [0.25, 0.3) is 0 Å². The fourth-order valence-electron chi connectivity index (χ4n) is 1.64. The molecule has 0 aromatic heterocycles. The average molecular weight is 159 g/mol.